The van der Waals surface area contributed by atoms with E-state index in [2.05, 4.69) is 11.4 Å². The van der Waals surface area contributed by atoms with Crippen LogP contribution in [0.5, 0.6) is 0 Å². The first kappa shape index (κ1) is 9.99. The molecule has 0 saturated carbocycles. The minimum Gasteiger partial charge on any atom is -0.334 e. The smallest absolute Gasteiger partial charge is 0.238 e. The van der Waals surface area contributed by atoms with Crippen molar-refractivity contribution in [3.8, 4) is 0 Å². The number of carbonyl (C=O) groups is 1. The van der Waals surface area contributed by atoms with E-state index in [1.807, 2.05) is 11.0 Å². The molecule has 0 radical (unpaired) electrons. The maximum atomic E-state index is 11.5. The van der Waals surface area contributed by atoms with Gasteiger partial charge in [0.2, 0.25) is 5.91 Å². The van der Waals surface area contributed by atoms with E-state index in [1.54, 1.807) is 11.3 Å². The highest BCUT2D eigenvalue weighted by molar-refractivity contribution is 7.10. The Balaban J connectivity index is 2.15. The molecule has 1 atom stereocenters. The zero-order valence-corrected chi connectivity index (χ0v) is 9.35. The van der Waals surface area contributed by atoms with Crippen molar-refractivity contribution in [2.24, 2.45) is 0 Å². The summed E-state index contributed by atoms with van der Waals surface area (Å²) in [4.78, 5) is 14.7. The van der Waals surface area contributed by atoms with E-state index < -0.39 is 0 Å². The molecule has 1 aromatic heterocycles. The molecule has 0 aromatic carbocycles. The number of likely N-dealkylation sites (tertiary alicyclic amines) is 1. The number of halogens is 1. The van der Waals surface area contributed by atoms with Crippen LogP contribution in [0.1, 0.15) is 23.8 Å². The van der Waals surface area contributed by atoms with Crippen LogP contribution in [0.3, 0.4) is 0 Å². The minimum atomic E-state index is 0.0579. The highest BCUT2D eigenvalue weighted by Crippen LogP contribution is 2.34. The van der Waals surface area contributed by atoms with E-state index in [0.717, 1.165) is 19.4 Å². The Bertz CT molecular complexity index is 312. The average molecular weight is 230 g/mol. The summed E-state index contributed by atoms with van der Waals surface area (Å²) in [6.07, 6.45) is 2.16. The number of hydrogen-bond donors (Lipinski definition) is 0. The Kier molecular flexibility index (Phi) is 3.08. The molecule has 1 aliphatic rings. The molecule has 0 unspecified atom stereocenters. The fourth-order valence-corrected chi connectivity index (χ4v) is 2.95. The molecule has 0 aliphatic carbocycles. The molecular formula is C10H12ClNOS. The zero-order valence-electron chi connectivity index (χ0n) is 7.78. The number of hydrogen-bond acceptors (Lipinski definition) is 2. The van der Waals surface area contributed by atoms with Gasteiger partial charge in [0.05, 0.1) is 6.04 Å². The van der Waals surface area contributed by atoms with Crippen molar-refractivity contribution >= 4 is 28.8 Å². The number of rotatable bonds is 2. The normalized spacial score (nSPS) is 21.5. The second kappa shape index (κ2) is 4.32. The molecule has 0 N–H and O–H groups in total. The van der Waals surface area contributed by atoms with Crippen molar-refractivity contribution in [2.45, 2.75) is 18.9 Å². The molecule has 4 heteroatoms. The summed E-state index contributed by atoms with van der Waals surface area (Å²) in [7, 11) is 0. The Hall–Kier alpha value is -0.540. The predicted molar refractivity (Wildman–Crippen MR) is 58.7 cm³/mol. The summed E-state index contributed by atoms with van der Waals surface area (Å²) >= 11 is 7.29. The third-order valence-electron chi connectivity index (χ3n) is 2.56. The lowest BCUT2D eigenvalue weighted by Crippen LogP contribution is -2.30. The molecule has 1 amide bonds. The summed E-state index contributed by atoms with van der Waals surface area (Å²) in [5, 5.41) is 2.05. The third kappa shape index (κ3) is 1.79. The number of nitrogens with zero attached hydrogens (tertiary/aromatic N) is 1. The van der Waals surface area contributed by atoms with Crippen LogP contribution in [-0.4, -0.2) is 23.2 Å². The molecule has 2 nitrogen and oxygen atoms in total. The number of thiophene rings is 1. The monoisotopic (exact) mass is 229 g/mol. The largest absolute Gasteiger partial charge is 0.334 e. The van der Waals surface area contributed by atoms with Gasteiger partial charge in [-0.1, -0.05) is 6.07 Å². The van der Waals surface area contributed by atoms with Gasteiger partial charge in [0.25, 0.3) is 0 Å². The van der Waals surface area contributed by atoms with Gasteiger partial charge in [0.1, 0.15) is 5.88 Å². The fourth-order valence-electron chi connectivity index (χ4n) is 1.92. The minimum absolute atomic E-state index is 0.0579. The van der Waals surface area contributed by atoms with Crippen LogP contribution < -0.4 is 0 Å². The molecule has 1 saturated heterocycles. The third-order valence-corrected chi connectivity index (χ3v) is 3.76. The summed E-state index contributed by atoms with van der Waals surface area (Å²) in [6, 6.07) is 4.40. The number of amides is 1. The first-order valence-electron chi connectivity index (χ1n) is 4.72. The molecule has 2 heterocycles. The van der Waals surface area contributed by atoms with E-state index in [1.165, 1.54) is 4.88 Å². The summed E-state index contributed by atoms with van der Waals surface area (Å²) < 4.78 is 0. The Morgan fingerprint density at radius 3 is 3.21 bits per heavy atom. The van der Waals surface area contributed by atoms with Gasteiger partial charge in [0, 0.05) is 11.4 Å². The van der Waals surface area contributed by atoms with E-state index in [0.29, 0.717) is 0 Å². The lowest BCUT2D eigenvalue weighted by molar-refractivity contribution is -0.129. The summed E-state index contributed by atoms with van der Waals surface area (Å²) in [6.45, 7) is 0.855. The molecule has 1 fully saturated rings. The quantitative estimate of drug-likeness (QED) is 0.714. The van der Waals surface area contributed by atoms with Crippen LogP contribution in [0, 0.1) is 0 Å². The molecule has 76 valence electrons. The van der Waals surface area contributed by atoms with Crippen LogP contribution in [-0.2, 0) is 4.79 Å². The van der Waals surface area contributed by atoms with Gasteiger partial charge in [-0.15, -0.1) is 22.9 Å². The predicted octanol–water partition coefficient (Wildman–Crippen LogP) is 2.65. The van der Waals surface area contributed by atoms with Crippen molar-refractivity contribution in [3.05, 3.63) is 22.4 Å². The molecule has 0 bridgehead atoms. The molecule has 14 heavy (non-hydrogen) atoms. The second-order valence-corrected chi connectivity index (χ2v) is 4.64. The number of alkyl halides is 1. The van der Waals surface area contributed by atoms with E-state index in [4.69, 9.17) is 11.6 Å². The Labute approximate surface area is 92.5 Å². The zero-order chi connectivity index (χ0) is 9.97. The first-order valence-corrected chi connectivity index (χ1v) is 6.13. The van der Waals surface area contributed by atoms with E-state index >= 15 is 0 Å². The van der Waals surface area contributed by atoms with E-state index in [-0.39, 0.29) is 17.8 Å². The highest BCUT2D eigenvalue weighted by Gasteiger charge is 2.29. The van der Waals surface area contributed by atoms with Crippen LogP contribution >= 0.6 is 22.9 Å². The van der Waals surface area contributed by atoms with E-state index in [9.17, 15) is 4.79 Å². The van der Waals surface area contributed by atoms with Gasteiger partial charge in [-0.05, 0) is 24.3 Å². The molecule has 2 rings (SSSR count). The Morgan fingerprint density at radius 1 is 1.71 bits per heavy atom. The van der Waals surface area contributed by atoms with Crippen LogP contribution in [0.25, 0.3) is 0 Å². The molecular weight excluding hydrogens is 218 g/mol. The van der Waals surface area contributed by atoms with Crippen molar-refractivity contribution in [1.29, 1.82) is 0 Å². The van der Waals surface area contributed by atoms with Gasteiger partial charge in [-0.2, -0.15) is 0 Å². The second-order valence-electron chi connectivity index (χ2n) is 3.39. The van der Waals surface area contributed by atoms with Crippen LogP contribution in [0.15, 0.2) is 17.5 Å². The summed E-state index contributed by atoms with van der Waals surface area (Å²) in [5.41, 5.74) is 0. The van der Waals surface area contributed by atoms with Crippen molar-refractivity contribution < 1.29 is 4.79 Å². The fraction of sp³-hybridized carbons (Fsp3) is 0.500. The average Bonchev–Trinajstić information content (AvgIpc) is 2.85. The lowest BCUT2D eigenvalue weighted by atomic mass is 10.2. The standard InChI is InChI=1S/C10H12ClNOS/c11-7-10(13)12-5-1-3-8(12)9-4-2-6-14-9/h2,4,6,8H,1,3,5,7H2/t8-/m0/s1. The van der Waals surface area contributed by atoms with Gasteiger partial charge < -0.3 is 4.90 Å². The van der Waals surface area contributed by atoms with Crippen molar-refractivity contribution in [3.63, 3.8) is 0 Å². The maximum Gasteiger partial charge on any atom is 0.238 e. The summed E-state index contributed by atoms with van der Waals surface area (Å²) in [5.74, 6) is 0.157. The molecule has 0 spiro atoms. The Morgan fingerprint density at radius 2 is 2.57 bits per heavy atom. The van der Waals surface area contributed by atoms with Crippen LogP contribution in [0.4, 0.5) is 0 Å². The van der Waals surface area contributed by atoms with Gasteiger partial charge in [-0.3, -0.25) is 4.79 Å². The SMILES string of the molecule is O=C(CCl)N1CCC[C@H]1c1cccs1. The molecule has 1 aromatic rings. The van der Waals surface area contributed by atoms with Gasteiger partial charge in [-0.25, -0.2) is 0 Å². The first-order chi connectivity index (χ1) is 6.83. The molecule has 1 aliphatic heterocycles. The lowest BCUT2D eigenvalue weighted by Gasteiger charge is -2.22. The van der Waals surface area contributed by atoms with Gasteiger partial charge >= 0.3 is 0 Å². The van der Waals surface area contributed by atoms with Crippen LogP contribution in [0.2, 0.25) is 0 Å². The number of carbonyl (C=O) groups excluding carboxylic acids is 1. The van der Waals surface area contributed by atoms with Crippen molar-refractivity contribution in [2.75, 3.05) is 12.4 Å². The maximum absolute atomic E-state index is 11.5. The van der Waals surface area contributed by atoms with Gasteiger partial charge in [0.15, 0.2) is 0 Å². The highest BCUT2D eigenvalue weighted by atomic mass is 35.5. The van der Waals surface area contributed by atoms with Crippen molar-refractivity contribution in [1.82, 2.24) is 4.90 Å². The topological polar surface area (TPSA) is 20.3 Å².